The Balaban J connectivity index is 1.35. The van der Waals surface area contributed by atoms with Crippen LogP contribution in [0.2, 0.25) is 0 Å². The summed E-state index contributed by atoms with van der Waals surface area (Å²) in [7, 11) is 0. The molecule has 33 heavy (non-hydrogen) atoms. The molecule has 0 bridgehead atoms. The molecular formula is C21H19F3N4O4S. The zero-order chi connectivity index (χ0) is 23.4. The van der Waals surface area contributed by atoms with Gasteiger partial charge in [0.2, 0.25) is 11.7 Å². The fourth-order valence-electron chi connectivity index (χ4n) is 3.36. The van der Waals surface area contributed by atoms with Crippen molar-refractivity contribution in [2.24, 2.45) is 0 Å². The minimum atomic E-state index is -4.73. The van der Waals surface area contributed by atoms with Crippen LogP contribution in [-0.4, -0.2) is 59.2 Å². The minimum Gasteiger partial charge on any atom is -0.377 e. The Labute approximate surface area is 190 Å². The van der Waals surface area contributed by atoms with E-state index in [2.05, 4.69) is 20.0 Å². The number of nitrogens with one attached hydrogen (secondary N) is 1. The van der Waals surface area contributed by atoms with Crippen LogP contribution in [0.15, 0.2) is 46.3 Å². The number of aromatic nitrogens is 2. The molecule has 0 saturated carbocycles. The topological polar surface area (TPSA) is 97.6 Å². The van der Waals surface area contributed by atoms with E-state index >= 15 is 0 Å². The Bertz CT molecular complexity index is 1100. The van der Waals surface area contributed by atoms with E-state index in [1.807, 2.05) is 17.5 Å². The summed E-state index contributed by atoms with van der Waals surface area (Å²) >= 11 is 1.52. The van der Waals surface area contributed by atoms with Crippen molar-refractivity contribution in [3.05, 3.63) is 58.1 Å². The van der Waals surface area contributed by atoms with Gasteiger partial charge in [-0.3, -0.25) is 9.59 Å². The summed E-state index contributed by atoms with van der Waals surface area (Å²) in [5, 5.41) is 8.02. The van der Waals surface area contributed by atoms with E-state index in [1.165, 1.54) is 35.6 Å². The molecule has 1 atom stereocenters. The monoisotopic (exact) mass is 480 g/mol. The number of halogens is 3. The fourth-order valence-corrected chi connectivity index (χ4v) is 4.05. The van der Waals surface area contributed by atoms with Crippen molar-refractivity contribution >= 4 is 23.2 Å². The molecule has 1 aromatic carbocycles. The molecule has 12 heteroatoms. The number of ether oxygens (including phenoxy) is 1. The first-order valence-corrected chi connectivity index (χ1v) is 10.9. The van der Waals surface area contributed by atoms with Crippen LogP contribution >= 0.6 is 11.3 Å². The number of rotatable bonds is 6. The van der Waals surface area contributed by atoms with E-state index < -0.39 is 12.1 Å². The predicted molar refractivity (Wildman–Crippen MR) is 111 cm³/mol. The maximum absolute atomic E-state index is 12.7. The van der Waals surface area contributed by atoms with Gasteiger partial charge in [0.05, 0.1) is 25.7 Å². The summed E-state index contributed by atoms with van der Waals surface area (Å²) in [4.78, 5) is 31.3. The molecule has 174 valence electrons. The highest BCUT2D eigenvalue weighted by molar-refractivity contribution is 7.10. The van der Waals surface area contributed by atoms with Crippen LogP contribution in [0.3, 0.4) is 0 Å². The number of nitrogens with zero attached hydrogens (tertiary/aromatic N) is 3. The highest BCUT2D eigenvalue weighted by Crippen LogP contribution is 2.29. The number of carbonyl (C=O) groups is 2. The average Bonchev–Trinajstić information content (AvgIpc) is 3.50. The quantitative estimate of drug-likeness (QED) is 0.583. The van der Waals surface area contributed by atoms with Crippen molar-refractivity contribution in [2.45, 2.75) is 18.6 Å². The van der Waals surface area contributed by atoms with Gasteiger partial charge >= 0.3 is 12.1 Å². The van der Waals surface area contributed by atoms with E-state index in [0.29, 0.717) is 31.7 Å². The van der Waals surface area contributed by atoms with Gasteiger partial charge in [-0.05, 0) is 23.6 Å². The maximum Gasteiger partial charge on any atom is 0.471 e. The van der Waals surface area contributed by atoms with E-state index in [4.69, 9.17) is 4.74 Å². The van der Waals surface area contributed by atoms with E-state index in [0.717, 1.165) is 4.88 Å². The lowest BCUT2D eigenvalue weighted by Crippen LogP contribution is -2.53. The first-order chi connectivity index (χ1) is 15.8. The fraction of sp³-hybridized carbons (Fsp3) is 0.333. The second-order valence-corrected chi connectivity index (χ2v) is 8.31. The molecule has 1 aliphatic rings. The van der Waals surface area contributed by atoms with Gasteiger partial charge in [-0.1, -0.05) is 23.4 Å². The summed E-state index contributed by atoms with van der Waals surface area (Å²) in [6, 6.07) is 9.26. The molecule has 0 spiro atoms. The van der Waals surface area contributed by atoms with Gasteiger partial charge < -0.3 is 19.5 Å². The summed E-state index contributed by atoms with van der Waals surface area (Å²) in [5.74, 6) is -2.08. The van der Waals surface area contributed by atoms with Crippen molar-refractivity contribution in [1.82, 2.24) is 20.4 Å². The van der Waals surface area contributed by atoms with Gasteiger partial charge in [0, 0.05) is 29.1 Å². The zero-order valence-electron chi connectivity index (χ0n) is 17.2. The molecule has 8 nitrogen and oxygen atoms in total. The second-order valence-electron chi connectivity index (χ2n) is 7.28. The Hall–Kier alpha value is -3.25. The average molecular weight is 480 g/mol. The van der Waals surface area contributed by atoms with Gasteiger partial charge in [-0.25, -0.2) is 0 Å². The summed E-state index contributed by atoms with van der Waals surface area (Å²) < 4.78 is 47.5. The lowest BCUT2D eigenvalue weighted by atomic mass is 10.1. The Morgan fingerprint density at radius 1 is 1.21 bits per heavy atom. The first kappa shape index (κ1) is 22.9. The lowest BCUT2D eigenvalue weighted by molar-refractivity contribution is -0.159. The van der Waals surface area contributed by atoms with E-state index in [9.17, 15) is 22.8 Å². The van der Waals surface area contributed by atoms with Crippen LogP contribution < -0.4 is 5.32 Å². The lowest BCUT2D eigenvalue weighted by Gasteiger charge is -2.35. The van der Waals surface area contributed by atoms with Gasteiger partial charge in [0.1, 0.15) is 0 Å². The summed E-state index contributed by atoms with van der Waals surface area (Å²) in [6.07, 6.45) is -4.43. The van der Waals surface area contributed by atoms with Crippen LogP contribution in [0.1, 0.15) is 21.1 Å². The Kier molecular flexibility index (Phi) is 6.75. The molecule has 3 heterocycles. The number of thiophene rings is 1. The van der Waals surface area contributed by atoms with Crippen molar-refractivity contribution in [3.63, 3.8) is 0 Å². The Morgan fingerprint density at radius 3 is 2.67 bits per heavy atom. The van der Waals surface area contributed by atoms with Gasteiger partial charge in [0.15, 0.2) is 0 Å². The maximum atomic E-state index is 12.7. The number of amides is 2. The van der Waals surface area contributed by atoms with E-state index in [1.54, 1.807) is 4.90 Å². The number of carbonyl (C=O) groups excluding carboxylic acids is 2. The molecule has 1 unspecified atom stereocenters. The van der Waals surface area contributed by atoms with Crippen molar-refractivity contribution < 1.29 is 32.0 Å². The number of hydrogen-bond donors (Lipinski definition) is 1. The van der Waals surface area contributed by atoms with Crippen LogP contribution in [0.4, 0.5) is 13.2 Å². The van der Waals surface area contributed by atoms with E-state index in [-0.39, 0.29) is 35.8 Å². The standard InChI is InChI=1S/C21H19F3N4O4S/c22-21(23,24)20-26-18(27-32-20)13-3-5-14(6-4-13)19(30)25-11-15-12-31-8-7-28(15)17(29)10-16-2-1-9-33-16/h1-6,9,15H,7-8,10-12H2,(H,25,30). The van der Waals surface area contributed by atoms with Crippen molar-refractivity contribution in [3.8, 4) is 11.4 Å². The van der Waals surface area contributed by atoms with Gasteiger partial charge in [-0.2, -0.15) is 18.2 Å². The molecule has 0 aliphatic carbocycles. The molecular weight excluding hydrogens is 461 g/mol. The largest absolute Gasteiger partial charge is 0.471 e. The molecule has 2 amide bonds. The summed E-state index contributed by atoms with van der Waals surface area (Å²) in [5.41, 5.74) is 0.573. The van der Waals surface area contributed by atoms with Crippen molar-refractivity contribution in [1.29, 1.82) is 0 Å². The molecule has 1 fully saturated rings. The number of benzene rings is 1. The Morgan fingerprint density at radius 2 is 2.00 bits per heavy atom. The molecule has 1 N–H and O–H groups in total. The van der Waals surface area contributed by atoms with Gasteiger partial charge in [0.25, 0.3) is 5.91 Å². The summed E-state index contributed by atoms with van der Waals surface area (Å²) in [6.45, 7) is 1.41. The van der Waals surface area contributed by atoms with Crippen molar-refractivity contribution in [2.75, 3.05) is 26.3 Å². The number of morpholine rings is 1. The highest BCUT2D eigenvalue weighted by Gasteiger charge is 2.38. The minimum absolute atomic E-state index is 0.0253. The zero-order valence-corrected chi connectivity index (χ0v) is 18.0. The molecule has 1 saturated heterocycles. The van der Waals surface area contributed by atoms with Crippen LogP contribution in [0.5, 0.6) is 0 Å². The second kappa shape index (κ2) is 9.71. The third-order valence-corrected chi connectivity index (χ3v) is 5.90. The SMILES string of the molecule is O=C(NCC1COCCN1C(=O)Cc1cccs1)c1ccc(-c2noc(C(F)(F)F)n2)cc1. The number of alkyl halides is 3. The first-order valence-electron chi connectivity index (χ1n) is 10.0. The molecule has 3 aromatic rings. The third kappa shape index (κ3) is 5.57. The normalized spacial score (nSPS) is 16.6. The predicted octanol–water partition coefficient (Wildman–Crippen LogP) is 3.02. The third-order valence-electron chi connectivity index (χ3n) is 5.03. The van der Waals surface area contributed by atoms with Crippen LogP contribution in [0.25, 0.3) is 11.4 Å². The smallest absolute Gasteiger partial charge is 0.377 e. The number of hydrogen-bond acceptors (Lipinski definition) is 7. The van der Waals surface area contributed by atoms with Gasteiger partial charge in [-0.15, -0.1) is 11.3 Å². The van der Waals surface area contributed by atoms with Crippen LogP contribution in [0, 0.1) is 0 Å². The molecule has 4 rings (SSSR count). The molecule has 0 radical (unpaired) electrons. The highest BCUT2D eigenvalue weighted by atomic mass is 32.1. The molecule has 1 aliphatic heterocycles. The molecule has 2 aromatic heterocycles. The van der Waals surface area contributed by atoms with Crippen LogP contribution in [-0.2, 0) is 22.1 Å².